The molecule has 0 aliphatic heterocycles. The summed E-state index contributed by atoms with van der Waals surface area (Å²) in [7, 11) is 0. The second-order valence-corrected chi connectivity index (χ2v) is 3.45. The van der Waals surface area contributed by atoms with Crippen LogP contribution in [0, 0.1) is 0 Å². The first kappa shape index (κ1) is 7.14. The molecule has 11 heavy (non-hydrogen) atoms. The fourth-order valence-corrected chi connectivity index (χ4v) is 1.91. The Kier molecular flexibility index (Phi) is 1.63. The molecule has 1 aromatic rings. The van der Waals surface area contributed by atoms with Crippen molar-refractivity contribution in [2.24, 2.45) is 5.73 Å². The lowest BCUT2D eigenvalue weighted by Crippen LogP contribution is -2.19. The Morgan fingerprint density at radius 3 is 2.91 bits per heavy atom. The summed E-state index contributed by atoms with van der Waals surface area (Å²) < 4.78 is 0. The van der Waals surface area contributed by atoms with E-state index in [1.54, 1.807) is 0 Å². The average Bonchev–Trinajstić information content (AvgIpc) is 2.31. The number of rotatable bonds is 0. The van der Waals surface area contributed by atoms with Gasteiger partial charge in [0, 0.05) is 11.1 Å². The Morgan fingerprint density at radius 1 is 1.36 bits per heavy atom. The third-order valence-corrected chi connectivity index (χ3v) is 2.52. The van der Waals surface area contributed by atoms with Crippen molar-refractivity contribution in [1.29, 1.82) is 0 Å². The van der Waals surface area contributed by atoms with E-state index in [1.807, 2.05) is 12.1 Å². The molecular formula is C9H10ClN. The molecule has 0 radical (unpaired) electrons. The number of benzene rings is 1. The van der Waals surface area contributed by atoms with Gasteiger partial charge >= 0.3 is 0 Å². The molecule has 2 rings (SSSR count). The summed E-state index contributed by atoms with van der Waals surface area (Å²) in [5, 5.41) is 0.871. The summed E-state index contributed by atoms with van der Waals surface area (Å²) in [5.74, 6) is 0. The van der Waals surface area contributed by atoms with Gasteiger partial charge in [-0.3, -0.25) is 0 Å². The normalized spacial score (nSPS) is 21.8. The summed E-state index contributed by atoms with van der Waals surface area (Å²) >= 11 is 5.98. The van der Waals surface area contributed by atoms with Crippen molar-refractivity contribution < 1.29 is 0 Å². The van der Waals surface area contributed by atoms with Crippen LogP contribution in [0.15, 0.2) is 18.2 Å². The van der Waals surface area contributed by atoms with E-state index in [0.29, 0.717) is 0 Å². The van der Waals surface area contributed by atoms with E-state index in [1.165, 1.54) is 11.1 Å². The zero-order valence-electron chi connectivity index (χ0n) is 6.18. The van der Waals surface area contributed by atoms with Gasteiger partial charge in [-0.05, 0) is 30.0 Å². The molecule has 0 bridgehead atoms. The number of hydrogen-bond acceptors (Lipinski definition) is 1. The predicted octanol–water partition coefficient (Wildman–Crippen LogP) is 1.77. The lowest BCUT2D eigenvalue weighted by molar-refractivity contribution is 0.721. The second kappa shape index (κ2) is 2.50. The van der Waals surface area contributed by atoms with Crippen molar-refractivity contribution in [3.63, 3.8) is 0 Å². The first-order valence-corrected chi connectivity index (χ1v) is 4.17. The van der Waals surface area contributed by atoms with Gasteiger partial charge in [0.2, 0.25) is 0 Å². The molecule has 0 fully saturated rings. The van der Waals surface area contributed by atoms with E-state index in [9.17, 15) is 0 Å². The molecular weight excluding hydrogens is 158 g/mol. The Bertz CT molecular complexity index is 283. The van der Waals surface area contributed by atoms with Gasteiger partial charge in [-0.15, -0.1) is 0 Å². The molecule has 0 spiro atoms. The highest BCUT2D eigenvalue weighted by molar-refractivity contribution is 6.31. The first-order chi connectivity index (χ1) is 5.27. The molecule has 0 heterocycles. The highest BCUT2D eigenvalue weighted by atomic mass is 35.5. The SMILES string of the molecule is NC1Cc2cccc(Cl)c2C1. The first-order valence-electron chi connectivity index (χ1n) is 3.79. The van der Waals surface area contributed by atoms with Crippen LogP contribution in [0.2, 0.25) is 5.02 Å². The van der Waals surface area contributed by atoms with Gasteiger partial charge in [-0.25, -0.2) is 0 Å². The van der Waals surface area contributed by atoms with Gasteiger partial charge < -0.3 is 5.73 Å². The maximum Gasteiger partial charge on any atom is 0.0441 e. The van der Waals surface area contributed by atoms with Crippen LogP contribution in [0.3, 0.4) is 0 Å². The molecule has 1 unspecified atom stereocenters. The molecule has 1 aliphatic carbocycles. The molecule has 1 nitrogen and oxygen atoms in total. The van der Waals surface area contributed by atoms with Gasteiger partial charge in [-0.1, -0.05) is 23.7 Å². The molecule has 0 amide bonds. The summed E-state index contributed by atoms with van der Waals surface area (Å²) in [6.45, 7) is 0. The van der Waals surface area contributed by atoms with Crippen LogP contribution in [0.1, 0.15) is 11.1 Å². The monoisotopic (exact) mass is 167 g/mol. The minimum absolute atomic E-state index is 0.282. The third-order valence-electron chi connectivity index (χ3n) is 2.16. The molecule has 2 N–H and O–H groups in total. The Hall–Kier alpha value is -0.530. The van der Waals surface area contributed by atoms with Crippen molar-refractivity contribution >= 4 is 11.6 Å². The van der Waals surface area contributed by atoms with E-state index in [4.69, 9.17) is 17.3 Å². The van der Waals surface area contributed by atoms with Crippen LogP contribution in [-0.2, 0) is 12.8 Å². The van der Waals surface area contributed by atoms with Crippen molar-refractivity contribution in [2.45, 2.75) is 18.9 Å². The Morgan fingerprint density at radius 2 is 2.18 bits per heavy atom. The third kappa shape index (κ3) is 1.15. The summed E-state index contributed by atoms with van der Waals surface area (Å²) in [4.78, 5) is 0. The number of nitrogens with two attached hydrogens (primary N) is 1. The quantitative estimate of drug-likeness (QED) is 0.626. The summed E-state index contributed by atoms with van der Waals surface area (Å²) in [6, 6.07) is 6.30. The van der Waals surface area contributed by atoms with E-state index >= 15 is 0 Å². The van der Waals surface area contributed by atoms with Gasteiger partial charge in [0.25, 0.3) is 0 Å². The standard InChI is InChI=1S/C9H10ClN/c10-9-3-1-2-6-4-7(11)5-8(6)9/h1-3,7H,4-5,11H2. The summed E-state index contributed by atoms with van der Waals surface area (Å²) in [5.41, 5.74) is 8.37. The highest BCUT2D eigenvalue weighted by Gasteiger charge is 2.19. The van der Waals surface area contributed by atoms with Crippen LogP contribution in [0.5, 0.6) is 0 Å². The molecule has 1 aromatic carbocycles. The molecule has 1 atom stereocenters. The van der Waals surface area contributed by atoms with Gasteiger partial charge in [-0.2, -0.15) is 0 Å². The fraction of sp³-hybridized carbons (Fsp3) is 0.333. The van der Waals surface area contributed by atoms with E-state index < -0.39 is 0 Å². The Balaban J connectivity index is 2.49. The molecule has 0 aromatic heterocycles. The molecule has 58 valence electrons. The molecule has 0 saturated carbocycles. The van der Waals surface area contributed by atoms with Crippen molar-refractivity contribution in [3.8, 4) is 0 Å². The smallest absolute Gasteiger partial charge is 0.0441 e. The van der Waals surface area contributed by atoms with Crippen LogP contribution < -0.4 is 5.73 Å². The fourth-order valence-electron chi connectivity index (χ4n) is 1.64. The Labute approximate surface area is 71.2 Å². The number of halogens is 1. The van der Waals surface area contributed by atoms with Gasteiger partial charge in [0.05, 0.1) is 0 Å². The minimum atomic E-state index is 0.282. The van der Waals surface area contributed by atoms with Crippen LogP contribution >= 0.6 is 11.6 Å². The number of hydrogen-bond donors (Lipinski definition) is 1. The van der Waals surface area contributed by atoms with Gasteiger partial charge in [0.15, 0.2) is 0 Å². The molecule has 1 aliphatic rings. The van der Waals surface area contributed by atoms with Gasteiger partial charge in [0.1, 0.15) is 0 Å². The zero-order chi connectivity index (χ0) is 7.84. The van der Waals surface area contributed by atoms with E-state index in [-0.39, 0.29) is 6.04 Å². The van der Waals surface area contributed by atoms with E-state index in [0.717, 1.165) is 17.9 Å². The van der Waals surface area contributed by atoms with Crippen molar-refractivity contribution in [1.82, 2.24) is 0 Å². The van der Waals surface area contributed by atoms with Crippen LogP contribution in [0.4, 0.5) is 0 Å². The van der Waals surface area contributed by atoms with Crippen molar-refractivity contribution in [2.75, 3.05) is 0 Å². The topological polar surface area (TPSA) is 26.0 Å². The largest absolute Gasteiger partial charge is 0.327 e. The summed E-state index contributed by atoms with van der Waals surface area (Å²) in [6.07, 6.45) is 1.92. The zero-order valence-corrected chi connectivity index (χ0v) is 6.93. The average molecular weight is 168 g/mol. The maximum absolute atomic E-state index is 5.98. The van der Waals surface area contributed by atoms with Crippen LogP contribution in [-0.4, -0.2) is 6.04 Å². The molecule has 2 heteroatoms. The highest BCUT2D eigenvalue weighted by Crippen LogP contribution is 2.27. The lowest BCUT2D eigenvalue weighted by Gasteiger charge is -1.98. The second-order valence-electron chi connectivity index (χ2n) is 3.05. The van der Waals surface area contributed by atoms with Crippen LogP contribution in [0.25, 0.3) is 0 Å². The van der Waals surface area contributed by atoms with E-state index in [2.05, 4.69) is 6.07 Å². The minimum Gasteiger partial charge on any atom is -0.327 e. The lowest BCUT2D eigenvalue weighted by atomic mass is 10.1. The number of fused-ring (bicyclic) bond motifs is 1. The molecule has 0 saturated heterocycles. The predicted molar refractivity (Wildman–Crippen MR) is 46.8 cm³/mol. The maximum atomic E-state index is 5.98. The van der Waals surface area contributed by atoms with Crippen molar-refractivity contribution in [3.05, 3.63) is 34.3 Å².